The van der Waals surface area contributed by atoms with Gasteiger partial charge in [0.2, 0.25) is 0 Å². The molecular weight excluding hydrogens is 538 g/mol. The predicted octanol–water partition coefficient (Wildman–Crippen LogP) is 10.5. The predicted molar refractivity (Wildman–Crippen MR) is 180 cm³/mol. The first-order valence-electron chi connectivity index (χ1n) is 14.7. The summed E-state index contributed by atoms with van der Waals surface area (Å²) in [5.74, 6) is 0.695. The fourth-order valence-electron chi connectivity index (χ4n) is 6.45. The maximum atomic E-state index is 6.24. The molecule has 4 nitrogen and oxygen atoms in total. The van der Waals surface area contributed by atoms with Gasteiger partial charge in [-0.2, -0.15) is 0 Å². The molecule has 206 valence electrons. The van der Waals surface area contributed by atoms with Crippen LogP contribution in [-0.2, 0) is 0 Å². The number of nitrogens with zero attached hydrogens (tertiary/aromatic N) is 3. The fraction of sp³-hybridized carbons (Fsp3) is 0. The number of hydrogen-bond acceptors (Lipinski definition) is 3. The van der Waals surface area contributed by atoms with E-state index in [0.717, 1.165) is 38.9 Å². The van der Waals surface area contributed by atoms with Gasteiger partial charge in [0.15, 0.2) is 11.4 Å². The molecule has 0 atom stereocenters. The highest BCUT2D eigenvalue weighted by Gasteiger charge is 2.17. The van der Waals surface area contributed by atoms with Crippen molar-refractivity contribution in [3.63, 3.8) is 0 Å². The zero-order valence-electron chi connectivity index (χ0n) is 23.7. The van der Waals surface area contributed by atoms with Crippen LogP contribution in [0.4, 0.5) is 0 Å². The van der Waals surface area contributed by atoms with E-state index in [2.05, 4.69) is 125 Å². The largest absolute Gasteiger partial charge is 0.453 e. The van der Waals surface area contributed by atoms with Crippen molar-refractivity contribution in [2.45, 2.75) is 0 Å². The van der Waals surface area contributed by atoms with Gasteiger partial charge in [0, 0.05) is 27.4 Å². The Kier molecular flexibility index (Phi) is 5.47. The second-order valence-corrected chi connectivity index (χ2v) is 11.1. The third-order valence-corrected chi connectivity index (χ3v) is 8.46. The first-order valence-corrected chi connectivity index (χ1v) is 14.7. The average Bonchev–Trinajstić information content (AvgIpc) is 3.64. The van der Waals surface area contributed by atoms with E-state index in [9.17, 15) is 0 Å². The van der Waals surface area contributed by atoms with Gasteiger partial charge in [0.25, 0.3) is 0 Å². The molecule has 9 rings (SSSR count). The normalized spacial score (nSPS) is 11.6. The van der Waals surface area contributed by atoms with Crippen molar-refractivity contribution in [2.75, 3.05) is 0 Å². The van der Waals surface area contributed by atoms with Crippen molar-refractivity contribution >= 4 is 43.9 Å². The molecule has 0 aliphatic carbocycles. The highest BCUT2D eigenvalue weighted by molar-refractivity contribution is 6.16. The van der Waals surface area contributed by atoms with Crippen molar-refractivity contribution in [3.8, 4) is 39.3 Å². The molecule has 6 aromatic carbocycles. The average molecular weight is 564 g/mol. The molecule has 0 amide bonds. The summed E-state index contributed by atoms with van der Waals surface area (Å²) in [6.07, 6.45) is 1.78. The maximum Gasteiger partial charge on any atom is 0.172 e. The first kappa shape index (κ1) is 24.6. The smallest absolute Gasteiger partial charge is 0.172 e. The van der Waals surface area contributed by atoms with E-state index in [1.165, 1.54) is 32.9 Å². The minimum absolute atomic E-state index is 0.687. The topological polar surface area (TPSA) is 43.9 Å². The van der Waals surface area contributed by atoms with Crippen LogP contribution in [0.25, 0.3) is 83.2 Å². The third kappa shape index (κ3) is 3.85. The lowest BCUT2D eigenvalue weighted by Crippen LogP contribution is -1.92. The Morgan fingerprint density at radius 3 is 2.09 bits per heavy atom. The van der Waals surface area contributed by atoms with Crippen LogP contribution in [0.2, 0.25) is 0 Å². The van der Waals surface area contributed by atoms with E-state index in [1.807, 2.05) is 30.3 Å². The van der Waals surface area contributed by atoms with Gasteiger partial charge in [0.05, 0.1) is 17.2 Å². The van der Waals surface area contributed by atoms with Crippen LogP contribution in [0.5, 0.6) is 0 Å². The zero-order chi connectivity index (χ0) is 29.0. The molecular formula is C40H25N3O. The van der Waals surface area contributed by atoms with E-state index in [1.54, 1.807) is 6.20 Å². The van der Waals surface area contributed by atoms with Gasteiger partial charge in [-0.1, -0.05) is 103 Å². The molecule has 0 saturated heterocycles. The van der Waals surface area contributed by atoms with Crippen molar-refractivity contribution in [2.24, 2.45) is 0 Å². The Morgan fingerprint density at radius 1 is 0.500 bits per heavy atom. The summed E-state index contributed by atoms with van der Waals surface area (Å²) < 4.78 is 8.60. The molecule has 0 spiro atoms. The molecule has 0 fully saturated rings. The summed E-state index contributed by atoms with van der Waals surface area (Å²) in [5.41, 5.74) is 11.5. The summed E-state index contributed by atoms with van der Waals surface area (Å²) in [4.78, 5) is 9.42. The van der Waals surface area contributed by atoms with Crippen molar-refractivity contribution in [3.05, 3.63) is 152 Å². The Hall–Kier alpha value is -6.00. The number of fused-ring (bicyclic) bond motifs is 6. The number of para-hydroxylation sites is 2. The van der Waals surface area contributed by atoms with Crippen LogP contribution in [0.15, 0.2) is 156 Å². The Bertz CT molecular complexity index is 2490. The monoisotopic (exact) mass is 563 g/mol. The van der Waals surface area contributed by atoms with Crippen LogP contribution < -0.4 is 0 Å². The molecule has 0 bridgehead atoms. The van der Waals surface area contributed by atoms with Crippen LogP contribution in [0, 0.1) is 0 Å². The van der Waals surface area contributed by atoms with Crippen LogP contribution >= 0.6 is 0 Å². The molecule has 0 aliphatic rings. The Morgan fingerprint density at radius 2 is 1.20 bits per heavy atom. The number of aromatic nitrogens is 3. The van der Waals surface area contributed by atoms with Crippen LogP contribution in [0.3, 0.4) is 0 Å². The van der Waals surface area contributed by atoms with Gasteiger partial charge in [-0.25, -0.2) is 9.97 Å². The van der Waals surface area contributed by atoms with E-state index in [4.69, 9.17) is 9.40 Å². The number of furan rings is 1. The summed E-state index contributed by atoms with van der Waals surface area (Å²) in [6.45, 7) is 0. The lowest BCUT2D eigenvalue weighted by molar-refractivity contribution is 0.666. The van der Waals surface area contributed by atoms with Gasteiger partial charge in [0.1, 0.15) is 11.1 Å². The summed E-state index contributed by atoms with van der Waals surface area (Å²) in [7, 11) is 0. The minimum atomic E-state index is 0.687. The molecule has 44 heavy (non-hydrogen) atoms. The molecule has 0 N–H and O–H groups in total. The number of hydrogen-bond donors (Lipinski definition) is 0. The van der Waals surface area contributed by atoms with Gasteiger partial charge in [-0.05, 0) is 64.7 Å². The minimum Gasteiger partial charge on any atom is -0.453 e. The molecule has 9 aromatic rings. The number of rotatable bonds is 4. The van der Waals surface area contributed by atoms with E-state index >= 15 is 0 Å². The van der Waals surface area contributed by atoms with Gasteiger partial charge in [-0.3, -0.25) is 0 Å². The van der Waals surface area contributed by atoms with Crippen LogP contribution in [0.1, 0.15) is 0 Å². The summed E-state index contributed by atoms with van der Waals surface area (Å²) >= 11 is 0. The van der Waals surface area contributed by atoms with Gasteiger partial charge < -0.3 is 8.98 Å². The fourth-order valence-corrected chi connectivity index (χ4v) is 6.45. The van der Waals surface area contributed by atoms with Crippen LogP contribution in [-0.4, -0.2) is 14.5 Å². The van der Waals surface area contributed by atoms with Crippen molar-refractivity contribution in [1.82, 2.24) is 14.5 Å². The van der Waals surface area contributed by atoms with E-state index in [-0.39, 0.29) is 0 Å². The second-order valence-electron chi connectivity index (χ2n) is 11.1. The van der Waals surface area contributed by atoms with Crippen molar-refractivity contribution < 1.29 is 4.42 Å². The SMILES string of the molecule is c1ccc(-c2ncc3oc4cc(-c5cccc(-c6cccc7c6c6ccccc6n7-c6ccccc6)c5)ccc4c3n2)cc1. The highest BCUT2D eigenvalue weighted by atomic mass is 16.3. The maximum absolute atomic E-state index is 6.24. The molecule has 0 radical (unpaired) electrons. The quantitative estimate of drug-likeness (QED) is 0.214. The molecule has 3 aromatic heterocycles. The zero-order valence-corrected chi connectivity index (χ0v) is 23.7. The lowest BCUT2D eigenvalue weighted by atomic mass is 9.95. The number of benzene rings is 6. The lowest BCUT2D eigenvalue weighted by Gasteiger charge is -2.10. The Labute approximate surface area is 253 Å². The van der Waals surface area contributed by atoms with Gasteiger partial charge in [-0.15, -0.1) is 0 Å². The molecule has 3 heterocycles. The van der Waals surface area contributed by atoms with Gasteiger partial charge >= 0.3 is 0 Å². The third-order valence-electron chi connectivity index (χ3n) is 8.46. The van der Waals surface area contributed by atoms with E-state index < -0.39 is 0 Å². The second kappa shape index (κ2) is 9.79. The Balaban J connectivity index is 1.17. The van der Waals surface area contributed by atoms with Crippen molar-refractivity contribution in [1.29, 1.82) is 0 Å². The standard InChI is InChI=1S/C40H25N3O/c1-3-11-26(12-4-1)40-41-25-37-39(42-40)33-22-21-28(24-36(33)44-37)27-13-9-14-29(23-27)31-18-10-20-35-38(31)32-17-7-8-19-34(32)43(35)30-15-5-2-6-16-30/h1-25H. The molecule has 4 heteroatoms. The summed E-state index contributed by atoms with van der Waals surface area (Å²) in [5, 5.41) is 3.48. The molecule has 0 unspecified atom stereocenters. The summed E-state index contributed by atoms with van der Waals surface area (Å²) in [6, 6.07) is 51.1. The first-order chi connectivity index (χ1) is 21.8. The highest BCUT2D eigenvalue weighted by Crippen LogP contribution is 2.40. The molecule has 0 aliphatic heterocycles. The van der Waals surface area contributed by atoms with E-state index in [0.29, 0.717) is 11.4 Å². The molecule has 0 saturated carbocycles.